The minimum absolute atomic E-state index is 0.134. The van der Waals surface area contributed by atoms with Gasteiger partial charge >= 0.3 is 5.97 Å². The van der Waals surface area contributed by atoms with E-state index in [4.69, 9.17) is 9.84 Å². The van der Waals surface area contributed by atoms with Gasteiger partial charge in [-0.1, -0.05) is 42.5 Å². The van der Waals surface area contributed by atoms with Gasteiger partial charge in [-0.3, -0.25) is 0 Å². The van der Waals surface area contributed by atoms with Crippen molar-refractivity contribution in [3.63, 3.8) is 0 Å². The molecule has 0 amide bonds. The Bertz CT molecular complexity index is 902. The highest BCUT2D eigenvalue weighted by atomic mass is 16.5. The number of carboxylic acid groups (broad SMARTS) is 1. The molecule has 0 bridgehead atoms. The number of fused-ring (bicyclic) bond motifs is 2. The lowest BCUT2D eigenvalue weighted by Crippen LogP contribution is -2.18. The first kappa shape index (κ1) is 13.7. The van der Waals surface area contributed by atoms with Crippen molar-refractivity contribution in [3.05, 3.63) is 65.6 Å². The summed E-state index contributed by atoms with van der Waals surface area (Å²) in [4.78, 5) is 18.9. The van der Waals surface area contributed by atoms with Crippen molar-refractivity contribution in [1.29, 1.82) is 0 Å². The molecule has 0 spiro atoms. The first-order chi connectivity index (χ1) is 11.2. The van der Waals surface area contributed by atoms with E-state index in [1.54, 1.807) is 6.20 Å². The highest BCUT2D eigenvalue weighted by molar-refractivity contribution is 5.86. The van der Waals surface area contributed by atoms with Crippen molar-refractivity contribution in [2.75, 3.05) is 0 Å². The molecule has 114 valence electrons. The number of carbonyl (C=O) groups is 1. The van der Waals surface area contributed by atoms with Crippen molar-refractivity contribution < 1.29 is 14.6 Å². The second kappa shape index (κ2) is 5.35. The number of aromatic carboxylic acids is 1. The Morgan fingerprint density at radius 2 is 2.00 bits per heavy atom. The number of aryl methyl sites for hydroxylation is 1. The van der Waals surface area contributed by atoms with Gasteiger partial charge in [0.25, 0.3) is 0 Å². The largest absolute Gasteiger partial charge is 0.475 e. The molecule has 2 heterocycles. The molecule has 3 aromatic rings. The molecule has 2 aromatic carbocycles. The normalized spacial score (nSPS) is 16.6. The maximum absolute atomic E-state index is 11.0. The molecule has 0 radical (unpaired) electrons. The van der Waals surface area contributed by atoms with Gasteiger partial charge in [0.1, 0.15) is 6.10 Å². The van der Waals surface area contributed by atoms with Crippen LogP contribution in [0.4, 0.5) is 0 Å². The molecule has 1 unspecified atom stereocenters. The molecular formula is C18H14N2O3. The summed E-state index contributed by atoms with van der Waals surface area (Å²) >= 11 is 0. The van der Waals surface area contributed by atoms with Gasteiger partial charge in [-0.25, -0.2) is 9.78 Å². The van der Waals surface area contributed by atoms with Crippen LogP contribution in [0.15, 0.2) is 48.7 Å². The molecule has 1 aliphatic heterocycles. The van der Waals surface area contributed by atoms with Crippen LogP contribution in [-0.2, 0) is 6.42 Å². The van der Waals surface area contributed by atoms with E-state index >= 15 is 0 Å². The zero-order chi connectivity index (χ0) is 15.8. The molecule has 1 aromatic heterocycles. The number of benzene rings is 2. The zero-order valence-electron chi connectivity index (χ0n) is 12.3. The maximum Gasteiger partial charge on any atom is 0.374 e. The topological polar surface area (TPSA) is 72.3 Å². The van der Waals surface area contributed by atoms with Crippen molar-refractivity contribution in [2.45, 2.75) is 18.9 Å². The van der Waals surface area contributed by atoms with E-state index < -0.39 is 5.97 Å². The standard InChI is InChI=1S/C18H14N2O3/c21-18(22)16-19-10-12-8-9-15(23-17(12)20-16)14-7-3-5-11-4-1-2-6-13(11)14/h1-7,10,15H,8-9H2,(H,21,22). The smallest absolute Gasteiger partial charge is 0.374 e. The summed E-state index contributed by atoms with van der Waals surface area (Å²) in [5, 5.41) is 11.3. The Morgan fingerprint density at radius 1 is 1.17 bits per heavy atom. The average molecular weight is 306 g/mol. The lowest BCUT2D eigenvalue weighted by atomic mass is 9.95. The highest BCUT2D eigenvalue weighted by Crippen LogP contribution is 2.36. The van der Waals surface area contributed by atoms with Gasteiger partial charge < -0.3 is 9.84 Å². The third-order valence-electron chi connectivity index (χ3n) is 4.12. The lowest BCUT2D eigenvalue weighted by molar-refractivity contribution is 0.0679. The fourth-order valence-electron chi connectivity index (χ4n) is 3.00. The quantitative estimate of drug-likeness (QED) is 0.785. The number of hydrogen-bond donors (Lipinski definition) is 1. The molecule has 0 saturated carbocycles. The van der Waals surface area contributed by atoms with Gasteiger partial charge in [0.05, 0.1) is 0 Å². The molecule has 4 rings (SSSR count). The van der Waals surface area contributed by atoms with Gasteiger partial charge in [-0.15, -0.1) is 0 Å². The first-order valence-corrected chi connectivity index (χ1v) is 7.46. The van der Waals surface area contributed by atoms with Gasteiger partial charge in [0.15, 0.2) is 0 Å². The van der Waals surface area contributed by atoms with E-state index in [1.807, 2.05) is 18.2 Å². The number of aromatic nitrogens is 2. The van der Waals surface area contributed by atoms with Crippen molar-refractivity contribution >= 4 is 16.7 Å². The molecule has 23 heavy (non-hydrogen) atoms. The molecule has 0 fully saturated rings. The molecule has 1 aliphatic rings. The van der Waals surface area contributed by atoms with E-state index in [1.165, 1.54) is 0 Å². The summed E-state index contributed by atoms with van der Waals surface area (Å²) < 4.78 is 6.00. The molecule has 1 N–H and O–H groups in total. The van der Waals surface area contributed by atoms with Gasteiger partial charge in [-0.05, 0) is 23.6 Å². The van der Waals surface area contributed by atoms with E-state index in [2.05, 4.69) is 34.2 Å². The number of hydrogen-bond acceptors (Lipinski definition) is 4. The highest BCUT2D eigenvalue weighted by Gasteiger charge is 2.25. The van der Waals surface area contributed by atoms with E-state index in [0.717, 1.165) is 34.7 Å². The Hall–Kier alpha value is -2.95. The molecule has 0 aliphatic carbocycles. The fraction of sp³-hybridized carbons (Fsp3) is 0.167. The summed E-state index contributed by atoms with van der Waals surface area (Å²) in [6.07, 6.45) is 3.00. The summed E-state index contributed by atoms with van der Waals surface area (Å²) in [5.41, 5.74) is 1.95. The number of rotatable bonds is 2. The van der Waals surface area contributed by atoms with Crippen molar-refractivity contribution in [1.82, 2.24) is 9.97 Å². The second-order valence-electron chi connectivity index (χ2n) is 5.54. The Morgan fingerprint density at radius 3 is 2.87 bits per heavy atom. The summed E-state index contributed by atoms with van der Waals surface area (Å²) in [5.74, 6) is -1.01. The minimum atomic E-state index is -1.15. The minimum Gasteiger partial charge on any atom is -0.475 e. The SMILES string of the molecule is O=C(O)c1ncc2c(n1)OC(c1cccc3ccccc13)CC2. The van der Waals surface area contributed by atoms with E-state index in [0.29, 0.717) is 5.88 Å². The Balaban J connectivity index is 1.74. The third kappa shape index (κ3) is 2.40. The van der Waals surface area contributed by atoms with Crippen LogP contribution >= 0.6 is 0 Å². The van der Waals surface area contributed by atoms with Crippen LogP contribution in [0.25, 0.3) is 10.8 Å². The van der Waals surface area contributed by atoms with Gasteiger partial charge in [-0.2, -0.15) is 4.98 Å². The fourth-order valence-corrected chi connectivity index (χ4v) is 3.00. The maximum atomic E-state index is 11.0. The van der Waals surface area contributed by atoms with Crippen molar-refractivity contribution in [2.24, 2.45) is 0 Å². The summed E-state index contributed by atoms with van der Waals surface area (Å²) in [6, 6.07) is 14.3. The number of nitrogens with zero attached hydrogens (tertiary/aromatic N) is 2. The monoisotopic (exact) mass is 306 g/mol. The molecule has 5 nitrogen and oxygen atoms in total. The predicted octanol–water partition coefficient (Wildman–Crippen LogP) is 3.39. The summed E-state index contributed by atoms with van der Waals surface area (Å²) in [6.45, 7) is 0. The number of carboxylic acids is 1. The van der Waals surface area contributed by atoms with Crippen LogP contribution in [-0.4, -0.2) is 21.0 Å². The molecule has 1 atom stereocenters. The van der Waals surface area contributed by atoms with Crippen LogP contribution in [0.5, 0.6) is 5.88 Å². The van der Waals surface area contributed by atoms with Crippen LogP contribution in [0.2, 0.25) is 0 Å². The lowest BCUT2D eigenvalue weighted by Gasteiger charge is -2.26. The molecular weight excluding hydrogens is 292 g/mol. The third-order valence-corrected chi connectivity index (χ3v) is 4.12. The first-order valence-electron chi connectivity index (χ1n) is 7.46. The Labute approximate surface area is 132 Å². The van der Waals surface area contributed by atoms with Crippen LogP contribution in [0, 0.1) is 0 Å². The predicted molar refractivity (Wildman–Crippen MR) is 84.6 cm³/mol. The van der Waals surface area contributed by atoms with Crippen molar-refractivity contribution in [3.8, 4) is 5.88 Å². The van der Waals surface area contributed by atoms with Crippen LogP contribution in [0.3, 0.4) is 0 Å². The number of ether oxygens (including phenoxy) is 1. The zero-order valence-corrected chi connectivity index (χ0v) is 12.3. The Kier molecular flexibility index (Phi) is 3.19. The van der Waals surface area contributed by atoms with Gasteiger partial charge in [0, 0.05) is 17.3 Å². The summed E-state index contributed by atoms with van der Waals surface area (Å²) in [7, 11) is 0. The molecule has 5 heteroatoms. The van der Waals surface area contributed by atoms with Crippen LogP contribution in [0.1, 0.15) is 34.3 Å². The second-order valence-corrected chi connectivity index (χ2v) is 5.54. The average Bonchev–Trinajstić information content (AvgIpc) is 2.60. The molecule has 0 saturated heterocycles. The van der Waals surface area contributed by atoms with E-state index in [-0.39, 0.29) is 11.9 Å². The van der Waals surface area contributed by atoms with Crippen LogP contribution < -0.4 is 4.74 Å². The van der Waals surface area contributed by atoms with E-state index in [9.17, 15) is 4.79 Å². The van der Waals surface area contributed by atoms with Gasteiger partial charge in [0.2, 0.25) is 11.7 Å².